The van der Waals surface area contributed by atoms with E-state index in [-0.39, 0.29) is 35.8 Å². The standard InChI is InChI=1S/C20H23FN4.HI/c1-14(15-6-4-3-5-7-15)25-20(22-2)23-11-10-16-13-24-19-12-17(21)8-9-18(16)19;/h3-9,12-14,24H,10-11H2,1-2H3,(H2,22,23,25);1H. The summed E-state index contributed by atoms with van der Waals surface area (Å²) < 4.78 is 13.3. The van der Waals surface area contributed by atoms with Gasteiger partial charge in [-0.2, -0.15) is 0 Å². The van der Waals surface area contributed by atoms with Gasteiger partial charge in [0, 0.05) is 30.7 Å². The molecule has 6 heteroatoms. The van der Waals surface area contributed by atoms with Gasteiger partial charge in [-0.25, -0.2) is 4.39 Å². The van der Waals surface area contributed by atoms with Crippen LogP contribution in [0.15, 0.2) is 59.7 Å². The highest BCUT2D eigenvalue weighted by Crippen LogP contribution is 2.19. The van der Waals surface area contributed by atoms with Crippen molar-refractivity contribution in [3.05, 3.63) is 71.7 Å². The number of fused-ring (bicyclic) bond motifs is 1. The molecule has 0 saturated heterocycles. The highest BCUT2D eigenvalue weighted by Gasteiger charge is 2.08. The summed E-state index contributed by atoms with van der Waals surface area (Å²) in [7, 11) is 1.77. The van der Waals surface area contributed by atoms with E-state index in [1.54, 1.807) is 7.05 Å². The Morgan fingerprint density at radius 2 is 1.96 bits per heavy atom. The Morgan fingerprint density at radius 1 is 1.19 bits per heavy atom. The maximum absolute atomic E-state index is 13.3. The molecule has 1 heterocycles. The summed E-state index contributed by atoms with van der Waals surface area (Å²) in [6.45, 7) is 2.85. The van der Waals surface area contributed by atoms with E-state index in [0.29, 0.717) is 0 Å². The van der Waals surface area contributed by atoms with Crippen LogP contribution in [0, 0.1) is 5.82 Å². The molecule has 138 valence electrons. The molecule has 0 spiro atoms. The molecule has 0 bridgehead atoms. The number of aromatic amines is 1. The van der Waals surface area contributed by atoms with Crippen LogP contribution in [0.25, 0.3) is 10.9 Å². The van der Waals surface area contributed by atoms with Gasteiger partial charge in [-0.3, -0.25) is 4.99 Å². The van der Waals surface area contributed by atoms with Crippen molar-refractivity contribution in [2.24, 2.45) is 4.99 Å². The molecule has 1 aromatic heterocycles. The minimum absolute atomic E-state index is 0. The van der Waals surface area contributed by atoms with Gasteiger partial charge < -0.3 is 15.6 Å². The second-order valence-corrected chi connectivity index (χ2v) is 6.03. The molecule has 0 radical (unpaired) electrons. The van der Waals surface area contributed by atoms with Gasteiger partial charge >= 0.3 is 0 Å². The van der Waals surface area contributed by atoms with Crippen LogP contribution >= 0.6 is 24.0 Å². The lowest BCUT2D eigenvalue weighted by Gasteiger charge is -2.18. The van der Waals surface area contributed by atoms with Crippen LogP contribution in [0.1, 0.15) is 24.1 Å². The predicted molar refractivity (Wildman–Crippen MR) is 117 cm³/mol. The summed E-state index contributed by atoms with van der Waals surface area (Å²) in [5, 5.41) is 7.78. The maximum Gasteiger partial charge on any atom is 0.191 e. The average Bonchev–Trinajstić information content (AvgIpc) is 3.03. The van der Waals surface area contributed by atoms with Crippen molar-refractivity contribution in [1.82, 2.24) is 15.6 Å². The third-order valence-electron chi connectivity index (χ3n) is 4.29. The fourth-order valence-corrected chi connectivity index (χ4v) is 2.91. The molecule has 0 aliphatic heterocycles. The molecule has 1 atom stereocenters. The number of rotatable bonds is 5. The Balaban J connectivity index is 0.00000243. The fraction of sp³-hybridized carbons (Fsp3) is 0.250. The number of H-pyrrole nitrogens is 1. The molecule has 0 fully saturated rings. The van der Waals surface area contributed by atoms with Crippen LogP contribution in [0.5, 0.6) is 0 Å². The number of hydrogen-bond donors (Lipinski definition) is 3. The zero-order valence-corrected chi connectivity index (χ0v) is 17.3. The van der Waals surface area contributed by atoms with Crippen molar-refractivity contribution in [2.75, 3.05) is 13.6 Å². The van der Waals surface area contributed by atoms with Gasteiger partial charge in [0.25, 0.3) is 0 Å². The molecule has 0 amide bonds. The Kier molecular flexibility index (Phi) is 7.44. The zero-order chi connectivity index (χ0) is 17.6. The molecule has 0 aliphatic rings. The van der Waals surface area contributed by atoms with E-state index in [1.165, 1.54) is 17.7 Å². The lowest BCUT2D eigenvalue weighted by Crippen LogP contribution is -2.39. The van der Waals surface area contributed by atoms with E-state index in [0.717, 1.165) is 35.4 Å². The molecular weight excluding hydrogens is 442 g/mol. The monoisotopic (exact) mass is 466 g/mol. The first-order valence-electron chi connectivity index (χ1n) is 8.45. The van der Waals surface area contributed by atoms with E-state index in [1.807, 2.05) is 30.5 Å². The van der Waals surface area contributed by atoms with Crippen molar-refractivity contribution in [3.63, 3.8) is 0 Å². The summed E-state index contributed by atoms with van der Waals surface area (Å²) in [5.74, 6) is 0.542. The second kappa shape index (κ2) is 9.56. The van der Waals surface area contributed by atoms with E-state index < -0.39 is 0 Å². The van der Waals surface area contributed by atoms with Crippen molar-refractivity contribution in [1.29, 1.82) is 0 Å². The molecule has 4 nitrogen and oxygen atoms in total. The summed E-state index contributed by atoms with van der Waals surface area (Å²) in [4.78, 5) is 7.40. The largest absolute Gasteiger partial charge is 0.361 e. The molecule has 26 heavy (non-hydrogen) atoms. The molecular formula is C20H24FIN4. The number of guanidine groups is 1. The lowest BCUT2D eigenvalue weighted by atomic mass is 10.1. The summed E-state index contributed by atoms with van der Waals surface area (Å²) in [6, 6.07) is 15.3. The van der Waals surface area contributed by atoms with Gasteiger partial charge in [-0.1, -0.05) is 30.3 Å². The zero-order valence-electron chi connectivity index (χ0n) is 14.9. The number of aliphatic imine (C=N–C) groups is 1. The van der Waals surface area contributed by atoms with Crippen LogP contribution in [-0.4, -0.2) is 24.5 Å². The minimum Gasteiger partial charge on any atom is -0.361 e. The topological polar surface area (TPSA) is 52.2 Å². The Morgan fingerprint density at radius 3 is 2.69 bits per heavy atom. The van der Waals surface area contributed by atoms with E-state index in [2.05, 4.69) is 39.7 Å². The van der Waals surface area contributed by atoms with Crippen molar-refractivity contribution < 1.29 is 4.39 Å². The van der Waals surface area contributed by atoms with Gasteiger partial charge in [0.15, 0.2) is 5.96 Å². The van der Waals surface area contributed by atoms with Crippen molar-refractivity contribution in [3.8, 4) is 0 Å². The predicted octanol–water partition coefficient (Wildman–Crippen LogP) is 4.39. The average molecular weight is 466 g/mol. The summed E-state index contributed by atoms with van der Waals surface area (Å²) in [6.07, 6.45) is 2.76. The first-order valence-corrected chi connectivity index (χ1v) is 8.45. The molecule has 3 aromatic rings. The number of nitrogens with one attached hydrogen (secondary N) is 3. The third-order valence-corrected chi connectivity index (χ3v) is 4.29. The number of halogens is 2. The minimum atomic E-state index is -0.224. The Bertz CT molecular complexity index is 861. The van der Waals surface area contributed by atoms with Crippen LogP contribution in [-0.2, 0) is 6.42 Å². The molecule has 0 saturated carbocycles. The van der Waals surface area contributed by atoms with E-state index in [4.69, 9.17) is 0 Å². The third kappa shape index (κ3) is 4.97. The van der Waals surface area contributed by atoms with E-state index in [9.17, 15) is 4.39 Å². The van der Waals surface area contributed by atoms with Gasteiger partial charge in [0.2, 0.25) is 0 Å². The fourth-order valence-electron chi connectivity index (χ4n) is 2.91. The Labute approximate surface area is 170 Å². The highest BCUT2D eigenvalue weighted by molar-refractivity contribution is 14.0. The number of nitrogens with zero attached hydrogens (tertiary/aromatic N) is 1. The number of benzene rings is 2. The first-order chi connectivity index (χ1) is 12.2. The highest BCUT2D eigenvalue weighted by atomic mass is 127. The molecule has 2 aromatic carbocycles. The second-order valence-electron chi connectivity index (χ2n) is 6.03. The number of hydrogen-bond acceptors (Lipinski definition) is 1. The van der Waals surface area contributed by atoms with Crippen LogP contribution in [0.2, 0.25) is 0 Å². The Hall–Kier alpha value is -2.09. The van der Waals surface area contributed by atoms with Crippen LogP contribution in [0.4, 0.5) is 4.39 Å². The van der Waals surface area contributed by atoms with Gasteiger partial charge in [0.05, 0.1) is 6.04 Å². The van der Waals surface area contributed by atoms with Crippen LogP contribution < -0.4 is 10.6 Å². The molecule has 3 rings (SSSR count). The van der Waals surface area contributed by atoms with Crippen LogP contribution in [0.3, 0.4) is 0 Å². The smallest absolute Gasteiger partial charge is 0.191 e. The van der Waals surface area contributed by atoms with Gasteiger partial charge in [0.1, 0.15) is 5.82 Å². The normalized spacial score (nSPS) is 12.5. The summed E-state index contributed by atoms with van der Waals surface area (Å²) in [5.41, 5.74) is 3.20. The number of aromatic nitrogens is 1. The van der Waals surface area contributed by atoms with E-state index >= 15 is 0 Å². The van der Waals surface area contributed by atoms with Crippen molar-refractivity contribution >= 4 is 40.8 Å². The quantitative estimate of drug-likeness (QED) is 0.297. The maximum atomic E-state index is 13.3. The van der Waals surface area contributed by atoms with Crippen molar-refractivity contribution in [2.45, 2.75) is 19.4 Å². The molecule has 1 unspecified atom stereocenters. The van der Waals surface area contributed by atoms with Gasteiger partial charge in [-0.05, 0) is 42.7 Å². The molecule has 0 aliphatic carbocycles. The SMILES string of the molecule is CN=C(NCCc1c[nH]c2cc(F)ccc12)NC(C)c1ccccc1.I. The van der Waals surface area contributed by atoms with Gasteiger partial charge in [-0.15, -0.1) is 24.0 Å². The lowest BCUT2D eigenvalue weighted by molar-refractivity contribution is 0.629. The first kappa shape index (κ1) is 20.2. The molecule has 3 N–H and O–H groups in total. The summed E-state index contributed by atoms with van der Waals surface area (Å²) >= 11 is 0.